The van der Waals surface area contributed by atoms with Crippen LogP contribution in [0.2, 0.25) is 0 Å². The number of fused-ring (bicyclic) bond motifs is 1. The van der Waals surface area contributed by atoms with E-state index in [9.17, 15) is 22.8 Å². The van der Waals surface area contributed by atoms with Crippen LogP contribution < -0.4 is 24.2 Å². The number of carbonyl (C=O) groups excluding carboxylic acids is 3. The van der Waals surface area contributed by atoms with Gasteiger partial charge in [0.2, 0.25) is 21.8 Å². The number of hydrogen-bond donors (Lipinski definition) is 2. The number of nitrogens with one attached hydrogen (secondary N) is 2. The Morgan fingerprint density at radius 1 is 1.23 bits per heavy atom. The monoisotopic (exact) mass is 680 g/mol. The number of hydrogen-bond acceptors (Lipinski definition) is 10. The lowest BCUT2D eigenvalue weighted by Gasteiger charge is -2.25. The van der Waals surface area contributed by atoms with Crippen molar-refractivity contribution < 1.29 is 41.7 Å². The van der Waals surface area contributed by atoms with Crippen LogP contribution >= 0.6 is 15.9 Å². The van der Waals surface area contributed by atoms with Gasteiger partial charge in [0.25, 0.3) is 5.91 Å². The first-order chi connectivity index (χ1) is 20.5. The number of rotatable bonds is 11. The van der Waals surface area contributed by atoms with E-state index in [2.05, 4.69) is 37.5 Å². The molecule has 232 valence electrons. The first-order valence-corrected chi connectivity index (χ1v) is 16.1. The van der Waals surface area contributed by atoms with Crippen LogP contribution in [0.25, 0.3) is 10.9 Å². The molecule has 1 aliphatic heterocycles. The Labute approximate surface area is 257 Å². The van der Waals surface area contributed by atoms with E-state index in [-0.39, 0.29) is 19.4 Å². The normalized spacial score (nSPS) is 24.7. The maximum absolute atomic E-state index is 13.6. The lowest BCUT2D eigenvalue weighted by Crippen LogP contribution is -2.56. The molecule has 0 spiro atoms. The van der Waals surface area contributed by atoms with Crippen LogP contribution in [0.5, 0.6) is 17.4 Å². The Kier molecular flexibility index (Phi) is 8.49. The van der Waals surface area contributed by atoms with Crippen LogP contribution in [0, 0.1) is 5.92 Å². The van der Waals surface area contributed by atoms with Crippen molar-refractivity contribution in [3.8, 4) is 17.4 Å². The number of nitrogens with zero attached hydrogens (tertiary/aromatic N) is 2. The van der Waals surface area contributed by atoms with Gasteiger partial charge in [-0.1, -0.05) is 6.08 Å². The molecule has 13 nitrogen and oxygen atoms in total. The van der Waals surface area contributed by atoms with Crippen LogP contribution in [0.4, 0.5) is 4.79 Å². The van der Waals surface area contributed by atoms with E-state index in [0.29, 0.717) is 52.2 Å². The van der Waals surface area contributed by atoms with Crippen molar-refractivity contribution in [2.24, 2.45) is 5.92 Å². The largest absolute Gasteiger partial charge is 0.495 e. The highest BCUT2D eigenvalue weighted by molar-refractivity contribution is 9.10. The summed E-state index contributed by atoms with van der Waals surface area (Å²) in [7, 11) is -1.09. The van der Waals surface area contributed by atoms with Crippen molar-refractivity contribution >= 4 is 54.8 Å². The molecule has 1 aromatic heterocycles. The minimum absolute atomic E-state index is 0.00993. The van der Waals surface area contributed by atoms with Gasteiger partial charge in [0.05, 0.1) is 42.6 Å². The molecule has 3 fully saturated rings. The molecule has 2 aromatic rings. The zero-order valence-corrected chi connectivity index (χ0v) is 26.3. The average Bonchev–Trinajstić information content (AvgIpc) is 3.90. The second kappa shape index (κ2) is 11.8. The van der Waals surface area contributed by atoms with Crippen LogP contribution in [0.3, 0.4) is 0 Å². The van der Waals surface area contributed by atoms with E-state index in [1.165, 1.54) is 18.1 Å². The van der Waals surface area contributed by atoms with Gasteiger partial charge in [0.15, 0.2) is 0 Å². The molecule has 1 saturated heterocycles. The van der Waals surface area contributed by atoms with E-state index in [0.717, 1.165) is 0 Å². The standard InChI is InChI=1S/C28H33BrN4O9S/c1-5-15-13-28(15,26(35)32-43(37,38)17-7-8-17)31-25(34)19-11-16(14-33(19)27(36)40-4)42-21-12-22(41-6-2)30-24-18(21)9-10-20(39-3)23(24)29/h5,9-10,12,15-17,19H,1,6-8,11,13-14H2,2-4H3,(H,31,34)(H,32,35)/t15-,16-,19-,28-/m1/s1. The number of ether oxygens (including phenoxy) is 4. The van der Waals surface area contributed by atoms with Gasteiger partial charge in [-0.15, -0.1) is 6.58 Å². The van der Waals surface area contributed by atoms with Crippen molar-refractivity contribution in [1.29, 1.82) is 0 Å². The molecular weight excluding hydrogens is 648 g/mol. The molecule has 4 atom stereocenters. The quantitative estimate of drug-likeness (QED) is 0.338. The minimum atomic E-state index is -3.84. The number of methoxy groups -OCH3 is 2. The molecular formula is C28H33BrN4O9S. The summed E-state index contributed by atoms with van der Waals surface area (Å²) < 4.78 is 50.0. The topological polar surface area (TPSA) is 162 Å². The van der Waals surface area contributed by atoms with Gasteiger partial charge >= 0.3 is 6.09 Å². The lowest BCUT2D eigenvalue weighted by molar-refractivity contribution is -0.131. The van der Waals surface area contributed by atoms with Gasteiger partial charge in [-0.3, -0.25) is 19.2 Å². The van der Waals surface area contributed by atoms with Crippen molar-refractivity contribution in [2.75, 3.05) is 27.4 Å². The summed E-state index contributed by atoms with van der Waals surface area (Å²) in [6.45, 7) is 5.92. The van der Waals surface area contributed by atoms with E-state index in [1.54, 1.807) is 25.3 Å². The number of likely N-dealkylation sites (tertiary alicyclic amines) is 1. The molecule has 2 saturated carbocycles. The predicted octanol–water partition coefficient (Wildman–Crippen LogP) is 2.66. The third kappa shape index (κ3) is 5.96. The summed E-state index contributed by atoms with van der Waals surface area (Å²) in [5, 5.41) is 2.76. The number of halogens is 1. The molecule has 5 rings (SSSR count). The fourth-order valence-electron chi connectivity index (χ4n) is 5.31. The first-order valence-electron chi connectivity index (χ1n) is 13.8. The molecule has 3 amide bonds. The van der Waals surface area contributed by atoms with Crippen molar-refractivity contribution in [3.63, 3.8) is 0 Å². The maximum atomic E-state index is 13.6. The van der Waals surface area contributed by atoms with Crippen LogP contribution in [0.15, 0.2) is 35.3 Å². The summed E-state index contributed by atoms with van der Waals surface area (Å²) in [6, 6.07) is 4.13. The van der Waals surface area contributed by atoms with E-state index in [1.807, 2.05) is 6.92 Å². The molecule has 0 radical (unpaired) electrons. The number of aromatic nitrogens is 1. The van der Waals surface area contributed by atoms with E-state index >= 15 is 0 Å². The molecule has 0 bridgehead atoms. The van der Waals surface area contributed by atoms with Crippen LogP contribution in [-0.4, -0.2) is 86.5 Å². The highest BCUT2D eigenvalue weighted by atomic mass is 79.9. The third-order valence-electron chi connectivity index (χ3n) is 7.85. The zero-order chi connectivity index (χ0) is 31.1. The molecule has 2 N–H and O–H groups in total. The molecule has 2 heterocycles. The number of carbonyl (C=O) groups is 3. The summed E-state index contributed by atoms with van der Waals surface area (Å²) >= 11 is 3.53. The van der Waals surface area contributed by atoms with Crippen molar-refractivity contribution in [2.45, 2.75) is 55.5 Å². The molecule has 43 heavy (non-hydrogen) atoms. The summed E-state index contributed by atoms with van der Waals surface area (Å²) in [6.07, 6.45) is 1.31. The number of pyridine rings is 1. The first kappa shape index (κ1) is 30.9. The fourth-order valence-corrected chi connectivity index (χ4v) is 7.27. The molecule has 2 aliphatic carbocycles. The van der Waals surface area contributed by atoms with Crippen molar-refractivity contribution in [1.82, 2.24) is 19.9 Å². The molecule has 1 aromatic carbocycles. The Hall–Kier alpha value is -3.59. The smallest absolute Gasteiger partial charge is 0.410 e. The molecule has 3 aliphatic rings. The van der Waals surface area contributed by atoms with Gasteiger partial charge in [-0.25, -0.2) is 18.2 Å². The number of benzene rings is 1. The van der Waals surface area contributed by atoms with Crippen LogP contribution in [0.1, 0.15) is 32.6 Å². The van der Waals surface area contributed by atoms with E-state index < -0.39 is 56.8 Å². The highest BCUT2D eigenvalue weighted by Crippen LogP contribution is 2.46. The average molecular weight is 682 g/mol. The lowest BCUT2D eigenvalue weighted by atomic mass is 10.1. The van der Waals surface area contributed by atoms with Crippen LogP contribution in [-0.2, 0) is 24.3 Å². The summed E-state index contributed by atoms with van der Waals surface area (Å²) in [5.74, 6) is -0.629. The number of sulfonamides is 1. The highest BCUT2D eigenvalue weighted by Gasteiger charge is 2.62. The second-order valence-electron chi connectivity index (χ2n) is 10.7. The number of amides is 3. The Morgan fingerprint density at radius 2 is 1.98 bits per heavy atom. The summed E-state index contributed by atoms with van der Waals surface area (Å²) in [5.41, 5.74) is -0.948. The zero-order valence-electron chi connectivity index (χ0n) is 23.9. The van der Waals surface area contributed by atoms with Gasteiger partial charge in [0.1, 0.15) is 29.2 Å². The van der Waals surface area contributed by atoms with Gasteiger partial charge in [-0.05, 0) is 54.2 Å². The van der Waals surface area contributed by atoms with Gasteiger partial charge in [-0.2, -0.15) is 0 Å². The predicted molar refractivity (Wildman–Crippen MR) is 158 cm³/mol. The van der Waals surface area contributed by atoms with Crippen molar-refractivity contribution in [3.05, 3.63) is 35.3 Å². The van der Waals surface area contributed by atoms with E-state index in [4.69, 9.17) is 18.9 Å². The second-order valence-corrected chi connectivity index (χ2v) is 13.4. The van der Waals surface area contributed by atoms with Gasteiger partial charge < -0.3 is 24.3 Å². The van der Waals surface area contributed by atoms with Gasteiger partial charge in [0, 0.05) is 23.8 Å². The summed E-state index contributed by atoms with van der Waals surface area (Å²) in [4.78, 5) is 45.3. The third-order valence-corrected chi connectivity index (χ3v) is 10.4. The Morgan fingerprint density at radius 3 is 2.58 bits per heavy atom. The Bertz CT molecular complexity index is 1580. The fraction of sp³-hybridized carbons (Fsp3) is 0.500. The molecule has 0 unspecified atom stereocenters. The maximum Gasteiger partial charge on any atom is 0.410 e. The Balaban J connectivity index is 1.39. The SMILES string of the molecule is C=C[C@@H]1C[C@]1(NC(=O)[C@H]1C[C@@H](Oc2cc(OCC)nc3c(Br)c(OC)ccc23)CN1C(=O)OC)C(=O)NS(=O)(=O)C1CC1. The molecule has 15 heteroatoms. The minimum Gasteiger partial charge on any atom is -0.495 e.